The zero-order chi connectivity index (χ0) is 26.4. The molecule has 0 spiro atoms. The summed E-state index contributed by atoms with van der Waals surface area (Å²) in [4.78, 5) is 25.4. The highest BCUT2D eigenvalue weighted by Gasteiger charge is 2.25. The summed E-state index contributed by atoms with van der Waals surface area (Å²) in [5.74, 6) is 0.692. The fraction of sp³-hybridized carbons (Fsp3) is 0.231. The molecule has 0 saturated carbocycles. The topological polar surface area (TPSA) is 73.9 Å². The maximum Gasteiger partial charge on any atom is 0.328 e. The van der Waals surface area contributed by atoms with E-state index in [2.05, 4.69) is 33.9 Å². The van der Waals surface area contributed by atoms with Gasteiger partial charge in [-0.25, -0.2) is 4.79 Å². The Morgan fingerprint density at radius 2 is 1.50 bits per heavy atom. The van der Waals surface area contributed by atoms with E-state index < -0.39 is 17.9 Å². The van der Waals surface area contributed by atoms with Crippen LogP contribution in [0.2, 0.25) is 10.0 Å². The Hall–Kier alpha value is -2.39. The third kappa shape index (κ3) is 6.48. The molecule has 190 valence electrons. The van der Waals surface area contributed by atoms with Crippen molar-refractivity contribution in [3.8, 4) is 22.6 Å². The third-order valence-corrected chi connectivity index (χ3v) is 6.87. The molecular weight excluding hydrogens is 589 g/mol. The number of esters is 1. The fourth-order valence-electron chi connectivity index (χ4n) is 3.71. The highest BCUT2D eigenvalue weighted by atomic mass is 79.9. The molecule has 1 N–H and O–H groups in total. The number of amides is 1. The SMILES string of the molecule is COC(=O)C(Cc1ccc(-c2c(OC)cc(CS)cc2OC)cc1)NC(=O)c1c(Cl)cc(Br)cc1Cl. The van der Waals surface area contributed by atoms with Gasteiger partial charge in [0.2, 0.25) is 0 Å². The second-order valence-electron chi connectivity index (χ2n) is 7.73. The van der Waals surface area contributed by atoms with Gasteiger partial charge in [-0.05, 0) is 41.0 Å². The fourth-order valence-corrected chi connectivity index (χ4v) is 5.27. The normalized spacial score (nSPS) is 11.5. The molecule has 0 fully saturated rings. The van der Waals surface area contributed by atoms with E-state index in [1.165, 1.54) is 7.11 Å². The van der Waals surface area contributed by atoms with Gasteiger partial charge >= 0.3 is 5.97 Å². The second kappa shape index (κ2) is 12.7. The molecule has 3 aromatic carbocycles. The van der Waals surface area contributed by atoms with Crippen LogP contribution in [-0.4, -0.2) is 39.2 Å². The van der Waals surface area contributed by atoms with Crippen LogP contribution in [-0.2, 0) is 21.7 Å². The number of ether oxygens (including phenoxy) is 3. The highest BCUT2D eigenvalue weighted by Crippen LogP contribution is 2.40. The molecule has 0 heterocycles. The van der Waals surface area contributed by atoms with E-state index in [4.69, 9.17) is 37.4 Å². The molecule has 0 aliphatic rings. The van der Waals surface area contributed by atoms with Crippen molar-refractivity contribution in [1.82, 2.24) is 5.32 Å². The quantitative estimate of drug-likeness (QED) is 0.217. The number of carbonyl (C=O) groups excluding carboxylic acids is 2. The minimum atomic E-state index is -0.956. The maximum atomic E-state index is 12.9. The zero-order valence-electron chi connectivity index (χ0n) is 19.7. The summed E-state index contributed by atoms with van der Waals surface area (Å²) >= 11 is 20.0. The lowest BCUT2D eigenvalue weighted by atomic mass is 9.98. The van der Waals surface area contributed by atoms with Crippen LogP contribution in [0.15, 0.2) is 53.0 Å². The van der Waals surface area contributed by atoms with Crippen molar-refractivity contribution >= 4 is 63.6 Å². The average molecular weight is 613 g/mol. The number of halogens is 3. The molecular formula is C26H24BrCl2NO5S. The third-order valence-electron chi connectivity index (χ3n) is 5.46. The van der Waals surface area contributed by atoms with Crippen LogP contribution in [0.1, 0.15) is 21.5 Å². The summed E-state index contributed by atoms with van der Waals surface area (Å²) in [6.07, 6.45) is 0.192. The van der Waals surface area contributed by atoms with Crippen LogP contribution in [0, 0.1) is 0 Å². The number of rotatable bonds is 9. The van der Waals surface area contributed by atoms with Gasteiger partial charge in [-0.2, -0.15) is 12.6 Å². The lowest BCUT2D eigenvalue weighted by Crippen LogP contribution is -2.43. The minimum Gasteiger partial charge on any atom is -0.496 e. The molecule has 0 aromatic heterocycles. The smallest absolute Gasteiger partial charge is 0.328 e. The van der Waals surface area contributed by atoms with E-state index in [1.54, 1.807) is 26.4 Å². The molecule has 0 bridgehead atoms. The number of carbonyl (C=O) groups is 2. The lowest BCUT2D eigenvalue weighted by Gasteiger charge is -2.18. The van der Waals surface area contributed by atoms with Gasteiger partial charge in [0, 0.05) is 16.6 Å². The molecule has 0 aliphatic heterocycles. The number of benzene rings is 3. The van der Waals surface area contributed by atoms with E-state index in [0.29, 0.717) is 21.7 Å². The maximum absolute atomic E-state index is 12.9. The summed E-state index contributed by atoms with van der Waals surface area (Å²) < 4.78 is 16.7. The number of hydrogen-bond donors (Lipinski definition) is 2. The van der Waals surface area contributed by atoms with E-state index in [-0.39, 0.29) is 22.0 Å². The Bertz CT molecular complexity index is 1220. The van der Waals surface area contributed by atoms with Crippen molar-refractivity contribution in [2.24, 2.45) is 0 Å². The van der Waals surface area contributed by atoms with E-state index in [9.17, 15) is 9.59 Å². The van der Waals surface area contributed by atoms with Crippen LogP contribution in [0.5, 0.6) is 11.5 Å². The lowest BCUT2D eigenvalue weighted by molar-refractivity contribution is -0.142. The molecule has 1 amide bonds. The predicted molar refractivity (Wildman–Crippen MR) is 149 cm³/mol. The van der Waals surface area contributed by atoms with Crippen molar-refractivity contribution in [1.29, 1.82) is 0 Å². The molecule has 3 aromatic rings. The molecule has 3 rings (SSSR count). The molecule has 6 nitrogen and oxygen atoms in total. The molecule has 0 saturated heterocycles. The standard InChI is InChI=1S/C26H24BrCl2NO5S/c1-33-21-9-15(13-36)10-22(34-2)23(21)16-6-4-14(5-7-16)8-20(26(32)35-3)30-25(31)24-18(28)11-17(27)12-19(24)29/h4-7,9-12,20,36H,8,13H2,1-3H3,(H,30,31). The highest BCUT2D eigenvalue weighted by molar-refractivity contribution is 9.10. The van der Waals surface area contributed by atoms with Gasteiger partial charge in [0.05, 0.1) is 42.5 Å². The van der Waals surface area contributed by atoms with Gasteiger partial charge < -0.3 is 19.5 Å². The Kier molecular flexibility index (Phi) is 9.96. The number of thiol groups is 1. The second-order valence-corrected chi connectivity index (χ2v) is 9.77. The molecule has 1 unspecified atom stereocenters. The van der Waals surface area contributed by atoms with Crippen LogP contribution in [0.25, 0.3) is 11.1 Å². The Balaban J connectivity index is 1.87. The predicted octanol–water partition coefficient (Wildman–Crippen LogP) is 6.38. The Morgan fingerprint density at radius 1 is 0.944 bits per heavy atom. The number of nitrogens with one attached hydrogen (secondary N) is 1. The minimum absolute atomic E-state index is 0.0784. The van der Waals surface area contributed by atoms with Gasteiger partial charge in [0.25, 0.3) is 5.91 Å². The van der Waals surface area contributed by atoms with E-state index in [1.807, 2.05) is 36.4 Å². The first-order valence-corrected chi connectivity index (χ1v) is 12.9. The van der Waals surface area contributed by atoms with Crippen LogP contribution in [0.3, 0.4) is 0 Å². The molecule has 1 atom stereocenters. The number of hydrogen-bond acceptors (Lipinski definition) is 6. The van der Waals surface area contributed by atoms with Gasteiger partial charge in [0.1, 0.15) is 17.5 Å². The Morgan fingerprint density at radius 3 is 1.97 bits per heavy atom. The number of methoxy groups -OCH3 is 3. The zero-order valence-corrected chi connectivity index (χ0v) is 23.7. The first kappa shape index (κ1) is 28.2. The summed E-state index contributed by atoms with van der Waals surface area (Å²) in [6, 6.07) is 13.5. The van der Waals surface area contributed by atoms with Crippen LogP contribution < -0.4 is 14.8 Å². The summed E-state index contributed by atoms with van der Waals surface area (Å²) in [5.41, 5.74) is 3.51. The summed E-state index contributed by atoms with van der Waals surface area (Å²) in [7, 11) is 4.46. The van der Waals surface area contributed by atoms with Gasteiger partial charge in [-0.15, -0.1) is 0 Å². The first-order chi connectivity index (χ1) is 17.2. The molecule has 0 aliphatic carbocycles. The van der Waals surface area contributed by atoms with Crippen molar-refractivity contribution < 1.29 is 23.8 Å². The monoisotopic (exact) mass is 611 g/mol. The van der Waals surface area contributed by atoms with Crippen molar-refractivity contribution in [3.63, 3.8) is 0 Å². The van der Waals surface area contributed by atoms with Crippen molar-refractivity contribution in [2.75, 3.05) is 21.3 Å². The van der Waals surface area contributed by atoms with Gasteiger partial charge in [-0.1, -0.05) is 63.4 Å². The molecule has 0 radical (unpaired) electrons. The molecule has 10 heteroatoms. The van der Waals surface area contributed by atoms with E-state index >= 15 is 0 Å². The van der Waals surface area contributed by atoms with Crippen LogP contribution >= 0.6 is 51.8 Å². The molecule has 36 heavy (non-hydrogen) atoms. The van der Waals surface area contributed by atoms with E-state index in [0.717, 1.165) is 22.3 Å². The van der Waals surface area contributed by atoms with Crippen molar-refractivity contribution in [2.45, 2.75) is 18.2 Å². The largest absolute Gasteiger partial charge is 0.496 e. The first-order valence-electron chi connectivity index (χ1n) is 10.7. The average Bonchev–Trinajstić information content (AvgIpc) is 2.86. The Labute approximate surface area is 233 Å². The van der Waals surface area contributed by atoms with Gasteiger partial charge in [0.15, 0.2) is 0 Å². The van der Waals surface area contributed by atoms with Crippen LogP contribution in [0.4, 0.5) is 0 Å². The summed E-state index contributed by atoms with van der Waals surface area (Å²) in [6.45, 7) is 0. The van der Waals surface area contributed by atoms with Crippen molar-refractivity contribution in [3.05, 3.63) is 79.7 Å². The van der Waals surface area contributed by atoms with Gasteiger partial charge in [-0.3, -0.25) is 4.79 Å². The summed E-state index contributed by atoms with van der Waals surface area (Å²) in [5, 5.41) is 3.00.